The van der Waals surface area contributed by atoms with Crippen molar-refractivity contribution in [2.45, 2.75) is 0 Å². The molecule has 0 aromatic carbocycles. The summed E-state index contributed by atoms with van der Waals surface area (Å²) in [6, 6.07) is -0.646. The third-order valence-corrected chi connectivity index (χ3v) is 0.410. The summed E-state index contributed by atoms with van der Waals surface area (Å²) in [5, 5.41) is 0. The zero-order valence-corrected chi connectivity index (χ0v) is 4.42. The van der Waals surface area contributed by atoms with Gasteiger partial charge in [0.15, 0.2) is 0 Å². The number of carbonyl (C=O) groups excluding carboxylic acids is 1. The predicted molar refractivity (Wildman–Crippen MR) is 29.9 cm³/mol. The van der Waals surface area contributed by atoms with E-state index in [4.69, 9.17) is 0 Å². The Bertz CT molecular complexity index is 91.3. The lowest BCUT2D eigenvalue weighted by atomic mass is 10.7. The first kappa shape index (κ1) is 6.97. The molecule has 0 spiro atoms. The SMILES string of the molecule is C=CC[N]NC(N)=O. The first-order valence-electron chi connectivity index (χ1n) is 2.10. The largest absolute Gasteiger partial charge is 0.351 e. The normalized spacial score (nSPS) is 8.00. The van der Waals surface area contributed by atoms with E-state index in [1.165, 1.54) is 0 Å². The van der Waals surface area contributed by atoms with E-state index in [9.17, 15) is 4.79 Å². The van der Waals surface area contributed by atoms with E-state index in [2.05, 4.69) is 17.7 Å². The highest BCUT2D eigenvalue weighted by Crippen LogP contribution is 1.56. The number of nitrogens with one attached hydrogen (secondary N) is 1. The second kappa shape index (κ2) is 4.14. The van der Waals surface area contributed by atoms with Gasteiger partial charge < -0.3 is 5.73 Å². The zero-order chi connectivity index (χ0) is 6.41. The second-order valence-electron chi connectivity index (χ2n) is 1.11. The van der Waals surface area contributed by atoms with Gasteiger partial charge in [-0.1, -0.05) is 6.08 Å². The Labute approximate surface area is 47.7 Å². The van der Waals surface area contributed by atoms with E-state index in [0.29, 0.717) is 6.54 Å². The van der Waals surface area contributed by atoms with Gasteiger partial charge in [-0.3, -0.25) is 5.43 Å². The molecule has 0 aliphatic carbocycles. The minimum Gasteiger partial charge on any atom is -0.351 e. The standard InChI is InChI=1S/C4H8N3O/c1-2-3-6-7-4(5)8/h2H,1,3H2,(H3,5,7,8). The lowest BCUT2D eigenvalue weighted by molar-refractivity contribution is 0.245. The summed E-state index contributed by atoms with van der Waals surface area (Å²) in [5.41, 5.74) is 10.1. The fourth-order valence-corrected chi connectivity index (χ4v) is 0.188. The highest BCUT2D eigenvalue weighted by Gasteiger charge is 1.85. The van der Waals surface area contributed by atoms with Crippen LogP contribution < -0.4 is 16.6 Å². The first-order chi connectivity index (χ1) is 3.77. The summed E-state index contributed by atoms with van der Waals surface area (Å²) in [7, 11) is 0. The second-order valence-corrected chi connectivity index (χ2v) is 1.11. The Hall–Kier alpha value is -1.03. The number of hydrogen-bond donors (Lipinski definition) is 2. The van der Waals surface area contributed by atoms with E-state index >= 15 is 0 Å². The highest BCUT2D eigenvalue weighted by molar-refractivity contribution is 5.70. The van der Waals surface area contributed by atoms with E-state index in [-0.39, 0.29) is 0 Å². The molecule has 0 heterocycles. The number of rotatable bonds is 3. The van der Waals surface area contributed by atoms with Crippen LogP contribution in [0.2, 0.25) is 0 Å². The van der Waals surface area contributed by atoms with Crippen molar-refractivity contribution >= 4 is 6.03 Å². The number of nitrogens with two attached hydrogens (primary N) is 1. The van der Waals surface area contributed by atoms with Crippen LogP contribution in [0.5, 0.6) is 0 Å². The Balaban J connectivity index is 2.93. The lowest BCUT2D eigenvalue weighted by Gasteiger charge is -1.94. The Morgan fingerprint density at radius 1 is 2.00 bits per heavy atom. The van der Waals surface area contributed by atoms with Crippen molar-refractivity contribution in [2.75, 3.05) is 6.54 Å². The van der Waals surface area contributed by atoms with Crippen LogP contribution in [0.4, 0.5) is 4.79 Å². The first-order valence-corrected chi connectivity index (χ1v) is 2.10. The molecule has 0 bridgehead atoms. The number of hydrogen-bond acceptors (Lipinski definition) is 1. The van der Waals surface area contributed by atoms with Gasteiger partial charge in [0.25, 0.3) is 0 Å². The molecule has 4 nitrogen and oxygen atoms in total. The average molecular weight is 114 g/mol. The van der Waals surface area contributed by atoms with Gasteiger partial charge in [-0.25, -0.2) is 4.79 Å². The summed E-state index contributed by atoms with van der Waals surface area (Å²) in [6.45, 7) is 3.76. The summed E-state index contributed by atoms with van der Waals surface area (Å²) in [6.07, 6.45) is 1.55. The molecule has 3 N–H and O–H groups in total. The van der Waals surface area contributed by atoms with Crippen LogP contribution in [0.3, 0.4) is 0 Å². The van der Waals surface area contributed by atoms with E-state index in [0.717, 1.165) is 0 Å². The van der Waals surface area contributed by atoms with Crippen LogP contribution in [-0.4, -0.2) is 12.6 Å². The molecule has 0 unspecified atom stereocenters. The minimum atomic E-state index is -0.646. The lowest BCUT2D eigenvalue weighted by Crippen LogP contribution is -2.35. The van der Waals surface area contributed by atoms with E-state index in [1.54, 1.807) is 6.08 Å². The molecule has 0 aliphatic rings. The molecule has 0 saturated carbocycles. The predicted octanol–water partition coefficient (Wildman–Crippen LogP) is -0.640. The van der Waals surface area contributed by atoms with Gasteiger partial charge in [0.05, 0.1) is 6.54 Å². The van der Waals surface area contributed by atoms with Crippen molar-refractivity contribution in [1.29, 1.82) is 0 Å². The summed E-state index contributed by atoms with van der Waals surface area (Å²) in [5.74, 6) is 0. The molecule has 0 rings (SSSR count). The maximum atomic E-state index is 9.86. The molecule has 0 saturated heterocycles. The molecule has 0 aromatic heterocycles. The van der Waals surface area contributed by atoms with Gasteiger partial charge in [-0.05, 0) is 0 Å². The highest BCUT2D eigenvalue weighted by atomic mass is 16.2. The van der Waals surface area contributed by atoms with Crippen molar-refractivity contribution in [3.8, 4) is 0 Å². The molecule has 8 heavy (non-hydrogen) atoms. The molecule has 0 fully saturated rings. The smallest absolute Gasteiger partial charge is 0.327 e. The molecule has 0 aliphatic heterocycles. The Morgan fingerprint density at radius 2 is 2.62 bits per heavy atom. The molecule has 0 atom stereocenters. The monoisotopic (exact) mass is 114 g/mol. The van der Waals surface area contributed by atoms with Crippen LogP contribution in [-0.2, 0) is 0 Å². The van der Waals surface area contributed by atoms with Crippen LogP contribution in [0.1, 0.15) is 0 Å². The maximum Gasteiger partial charge on any atom is 0.327 e. The Kier molecular flexibility index (Phi) is 3.60. The van der Waals surface area contributed by atoms with Crippen LogP contribution in [0, 0.1) is 0 Å². The third kappa shape index (κ3) is 4.97. The average Bonchev–Trinajstić information content (AvgIpc) is 1.66. The van der Waals surface area contributed by atoms with Gasteiger partial charge >= 0.3 is 6.03 Å². The van der Waals surface area contributed by atoms with Gasteiger partial charge in [0.2, 0.25) is 0 Å². The van der Waals surface area contributed by atoms with E-state index < -0.39 is 6.03 Å². The van der Waals surface area contributed by atoms with Crippen LogP contribution in [0.25, 0.3) is 0 Å². The maximum absolute atomic E-state index is 9.86. The van der Waals surface area contributed by atoms with Crippen LogP contribution >= 0.6 is 0 Å². The molecular weight excluding hydrogens is 106 g/mol. The van der Waals surface area contributed by atoms with Crippen LogP contribution in [0.15, 0.2) is 12.7 Å². The number of urea groups is 1. The van der Waals surface area contributed by atoms with Gasteiger partial charge in [-0.15, -0.1) is 12.0 Å². The Morgan fingerprint density at radius 3 is 3.00 bits per heavy atom. The molecule has 45 valence electrons. The zero-order valence-electron chi connectivity index (χ0n) is 4.42. The number of amides is 2. The number of nitrogens with zero attached hydrogens (tertiary/aromatic N) is 1. The van der Waals surface area contributed by atoms with Gasteiger partial charge in [-0.2, -0.15) is 0 Å². The molecule has 1 radical (unpaired) electrons. The molecular formula is C4H8N3O. The van der Waals surface area contributed by atoms with Crippen molar-refractivity contribution < 1.29 is 4.79 Å². The van der Waals surface area contributed by atoms with Crippen molar-refractivity contribution in [3.63, 3.8) is 0 Å². The molecule has 2 amide bonds. The fourth-order valence-electron chi connectivity index (χ4n) is 0.188. The summed E-state index contributed by atoms with van der Waals surface area (Å²) >= 11 is 0. The van der Waals surface area contributed by atoms with Crippen molar-refractivity contribution in [3.05, 3.63) is 12.7 Å². The van der Waals surface area contributed by atoms with Gasteiger partial charge in [0.1, 0.15) is 0 Å². The van der Waals surface area contributed by atoms with Crippen molar-refractivity contribution in [1.82, 2.24) is 10.9 Å². The minimum absolute atomic E-state index is 0.392. The van der Waals surface area contributed by atoms with Gasteiger partial charge in [0, 0.05) is 0 Å². The topological polar surface area (TPSA) is 69.2 Å². The summed E-state index contributed by atoms with van der Waals surface area (Å²) in [4.78, 5) is 9.86. The summed E-state index contributed by atoms with van der Waals surface area (Å²) < 4.78 is 0. The molecule has 0 aromatic rings. The van der Waals surface area contributed by atoms with Crippen molar-refractivity contribution in [2.24, 2.45) is 5.73 Å². The number of primary amides is 1. The number of carbonyl (C=O) groups is 1. The quantitative estimate of drug-likeness (QED) is 0.286. The van der Waals surface area contributed by atoms with E-state index in [1.807, 2.05) is 5.43 Å². The third-order valence-electron chi connectivity index (χ3n) is 0.410. The fraction of sp³-hybridized carbons (Fsp3) is 0.250. The molecule has 4 heteroatoms.